The number of aromatic nitrogens is 2. The van der Waals surface area contributed by atoms with Crippen LogP contribution in [0.5, 0.6) is 0 Å². The minimum absolute atomic E-state index is 0.0428. The summed E-state index contributed by atoms with van der Waals surface area (Å²) in [5.41, 5.74) is -1.66. The normalized spacial score (nSPS) is 17.0. The number of hydrogen-bond acceptors (Lipinski definition) is 4. The van der Waals surface area contributed by atoms with Gasteiger partial charge in [-0.25, -0.2) is 9.18 Å². The van der Waals surface area contributed by atoms with Crippen LogP contribution in [0.2, 0.25) is 0 Å². The summed E-state index contributed by atoms with van der Waals surface area (Å²) in [6.45, 7) is 0.666. The van der Waals surface area contributed by atoms with Gasteiger partial charge in [0.1, 0.15) is 11.4 Å². The number of benzene rings is 1. The fourth-order valence-corrected chi connectivity index (χ4v) is 2.58. The highest BCUT2D eigenvalue weighted by molar-refractivity contribution is 6.03. The Hall–Kier alpha value is -2.74. The van der Waals surface area contributed by atoms with Crippen LogP contribution in [0.3, 0.4) is 0 Å². The fourth-order valence-electron chi connectivity index (χ4n) is 2.58. The molecule has 2 aromatic rings. The number of carbonyl (C=O) groups excluding carboxylic acids is 1. The first-order chi connectivity index (χ1) is 11.6. The van der Waals surface area contributed by atoms with Crippen molar-refractivity contribution in [2.24, 2.45) is 0 Å². The zero-order chi connectivity index (χ0) is 17.1. The summed E-state index contributed by atoms with van der Waals surface area (Å²) in [5, 5.41) is 2.33. The van der Waals surface area contributed by atoms with Gasteiger partial charge >= 0.3 is 5.69 Å². The van der Waals surface area contributed by atoms with Crippen molar-refractivity contribution in [2.45, 2.75) is 25.5 Å². The molecule has 3 rings (SSSR count). The molecule has 8 heteroatoms. The smallest absolute Gasteiger partial charge is 0.328 e. The molecule has 2 N–H and O–H groups in total. The Morgan fingerprint density at radius 2 is 2.17 bits per heavy atom. The van der Waals surface area contributed by atoms with Gasteiger partial charge in [-0.3, -0.25) is 14.2 Å². The highest BCUT2D eigenvalue weighted by Gasteiger charge is 2.21. The summed E-state index contributed by atoms with van der Waals surface area (Å²) in [6.07, 6.45) is 2.42. The molecule has 1 fully saturated rings. The van der Waals surface area contributed by atoms with Gasteiger partial charge in [-0.15, -0.1) is 0 Å². The van der Waals surface area contributed by atoms with E-state index in [0.29, 0.717) is 6.61 Å². The first-order valence-corrected chi connectivity index (χ1v) is 7.56. The summed E-state index contributed by atoms with van der Waals surface area (Å²) < 4.78 is 20.0. The zero-order valence-corrected chi connectivity index (χ0v) is 12.8. The van der Waals surface area contributed by atoms with Crippen LogP contribution < -0.4 is 16.6 Å². The van der Waals surface area contributed by atoms with E-state index in [1.54, 1.807) is 6.07 Å². The highest BCUT2D eigenvalue weighted by Crippen LogP contribution is 2.14. The number of aromatic amines is 1. The Labute approximate surface area is 136 Å². The van der Waals surface area contributed by atoms with Crippen LogP contribution >= 0.6 is 0 Å². The van der Waals surface area contributed by atoms with Crippen molar-refractivity contribution in [1.29, 1.82) is 0 Å². The molecular formula is C16H16FN3O4. The number of nitrogens with one attached hydrogen (secondary N) is 2. The number of anilines is 1. The van der Waals surface area contributed by atoms with Crippen molar-refractivity contribution in [3.63, 3.8) is 0 Å². The maximum atomic E-state index is 13.6. The number of para-hydroxylation sites is 1. The quantitative estimate of drug-likeness (QED) is 0.876. The van der Waals surface area contributed by atoms with E-state index in [1.807, 2.05) is 0 Å². The number of ether oxygens (including phenoxy) is 1. The lowest BCUT2D eigenvalue weighted by Crippen LogP contribution is -2.41. The lowest BCUT2D eigenvalue weighted by Gasteiger charge is -2.12. The van der Waals surface area contributed by atoms with Crippen LogP contribution in [-0.4, -0.2) is 28.2 Å². The maximum absolute atomic E-state index is 13.6. The van der Waals surface area contributed by atoms with Gasteiger partial charge in [0.15, 0.2) is 0 Å². The number of carbonyl (C=O) groups is 1. The zero-order valence-electron chi connectivity index (χ0n) is 12.8. The van der Waals surface area contributed by atoms with Gasteiger partial charge < -0.3 is 15.0 Å². The van der Waals surface area contributed by atoms with Gasteiger partial charge in [0, 0.05) is 12.8 Å². The predicted octanol–water partition coefficient (Wildman–Crippen LogP) is 1.11. The van der Waals surface area contributed by atoms with Crippen molar-refractivity contribution >= 4 is 11.6 Å². The van der Waals surface area contributed by atoms with E-state index >= 15 is 0 Å². The lowest BCUT2D eigenvalue weighted by atomic mass is 10.2. The van der Waals surface area contributed by atoms with E-state index in [9.17, 15) is 18.8 Å². The molecule has 1 amide bonds. The molecule has 0 aliphatic carbocycles. The van der Waals surface area contributed by atoms with Crippen LogP contribution in [0.1, 0.15) is 23.2 Å². The molecule has 0 saturated carbocycles. The molecule has 24 heavy (non-hydrogen) atoms. The lowest BCUT2D eigenvalue weighted by molar-refractivity contribution is 0.0941. The summed E-state index contributed by atoms with van der Waals surface area (Å²) >= 11 is 0. The first-order valence-electron chi connectivity index (χ1n) is 7.56. The van der Waals surface area contributed by atoms with E-state index in [1.165, 1.54) is 18.2 Å². The van der Waals surface area contributed by atoms with Crippen molar-refractivity contribution in [3.8, 4) is 0 Å². The Balaban J connectivity index is 1.88. The van der Waals surface area contributed by atoms with Crippen molar-refractivity contribution in [3.05, 3.63) is 62.7 Å². The number of H-pyrrole nitrogens is 1. The van der Waals surface area contributed by atoms with Gasteiger partial charge in [-0.2, -0.15) is 0 Å². The third-order valence-electron chi connectivity index (χ3n) is 3.84. The molecule has 1 aromatic carbocycles. The predicted molar refractivity (Wildman–Crippen MR) is 84.6 cm³/mol. The average molecular weight is 333 g/mol. The minimum atomic E-state index is -0.789. The summed E-state index contributed by atoms with van der Waals surface area (Å²) in [5.74, 6) is -1.41. The number of rotatable bonds is 4. The fraction of sp³-hybridized carbons (Fsp3) is 0.312. The third-order valence-corrected chi connectivity index (χ3v) is 3.84. The molecule has 0 radical (unpaired) electrons. The maximum Gasteiger partial charge on any atom is 0.328 e. The molecule has 2 heterocycles. The number of amides is 1. The van der Waals surface area contributed by atoms with Crippen LogP contribution in [0.15, 0.2) is 40.1 Å². The first kappa shape index (κ1) is 16.1. The molecule has 1 atom stereocenters. The van der Waals surface area contributed by atoms with Gasteiger partial charge in [0.25, 0.3) is 11.5 Å². The molecule has 1 unspecified atom stereocenters. The second kappa shape index (κ2) is 6.79. The minimum Gasteiger partial charge on any atom is -0.376 e. The monoisotopic (exact) mass is 333 g/mol. The molecular weight excluding hydrogens is 317 g/mol. The van der Waals surface area contributed by atoms with Gasteiger partial charge in [-0.05, 0) is 25.0 Å². The number of nitrogens with zero attached hydrogens (tertiary/aromatic N) is 1. The average Bonchev–Trinajstić information content (AvgIpc) is 3.06. The van der Waals surface area contributed by atoms with E-state index in [4.69, 9.17) is 4.74 Å². The molecule has 1 aliphatic heterocycles. The van der Waals surface area contributed by atoms with Crippen molar-refractivity contribution < 1.29 is 13.9 Å². The topological polar surface area (TPSA) is 93.2 Å². The second-order valence-electron chi connectivity index (χ2n) is 5.49. The molecule has 1 aliphatic rings. The summed E-state index contributed by atoms with van der Waals surface area (Å²) in [7, 11) is 0. The van der Waals surface area contributed by atoms with E-state index in [2.05, 4.69) is 10.3 Å². The highest BCUT2D eigenvalue weighted by atomic mass is 19.1. The molecule has 0 bridgehead atoms. The molecule has 1 saturated heterocycles. The van der Waals surface area contributed by atoms with Crippen molar-refractivity contribution in [2.75, 3.05) is 11.9 Å². The Kier molecular flexibility index (Phi) is 4.57. The van der Waals surface area contributed by atoms with E-state index in [0.717, 1.165) is 23.6 Å². The van der Waals surface area contributed by atoms with Crippen molar-refractivity contribution in [1.82, 2.24) is 9.55 Å². The Morgan fingerprint density at radius 1 is 1.38 bits per heavy atom. The van der Waals surface area contributed by atoms with Gasteiger partial charge in [0.05, 0.1) is 18.3 Å². The third kappa shape index (κ3) is 3.28. The largest absolute Gasteiger partial charge is 0.376 e. The summed E-state index contributed by atoms with van der Waals surface area (Å²) in [4.78, 5) is 38.9. The van der Waals surface area contributed by atoms with Crippen LogP contribution in [0.25, 0.3) is 0 Å². The number of hydrogen-bond donors (Lipinski definition) is 2. The van der Waals surface area contributed by atoms with E-state index < -0.39 is 23.0 Å². The second-order valence-corrected chi connectivity index (χ2v) is 5.49. The molecule has 7 nitrogen and oxygen atoms in total. The van der Waals surface area contributed by atoms with Gasteiger partial charge in [-0.1, -0.05) is 12.1 Å². The Morgan fingerprint density at radius 3 is 2.88 bits per heavy atom. The van der Waals surface area contributed by atoms with Crippen LogP contribution in [0, 0.1) is 5.82 Å². The molecule has 126 valence electrons. The van der Waals surface area contributed by atoms with Crippen LogP contribution in [0.4, 0.5) is 10.1 Å². The standard InChI is InChI=1S/C16H16FN3O4/c17-12-5-1-2-6-13(12)19-14(21)11-8-18-16(23)20(15(11)22)9-10-4-3-7-24-10/h1-2,5-6,8,10H,3-4,7,9H2,(H,18,23)(H,19,21). The van der Waals surface area contributed by atoms with Crippen LogP contribution in [-0.2, 0) is 11.3 Å². The summed E-state index contributed by atoms with van der Waals surface area (Å²) in [6, 6.07) is 5.61. The van der Waals surface area contributed by atoms with Gasteiger partial charge in [0.2, 0.25) is 0 Å². The SMILES string of the molecule is O=C(Nc1ccccc1F)c1c[nH]c(=O)n(CC2CCCO2)c1=O. The molecule has 0 spiro atoms. The number of halogens is 1. The van der Waals surface area contributed by atoms with E-state index in [-0.39, 0.29) is 23.9 Å². The Bertz CT molecular complexity index is 868. The molecule has 1 aromatic heterocycles.